The first-order chi connectivity index (χ1) is 19.2. The van der Waals surface area contributed by atoms with Gasteiger partial charge >= 0.3 is 11.9 Å². The molecule has 0 unspecified atom stereocenters. The minimum atomic E-state index is -1.18. The van der Waals surface area contributed by atoms with Gasteiger partial charge in [-0.3, -0.25) is 19.4 Å². The van der Waals surface area contributed by atoms with Crippen molar-refractivity contribution in [3.8, 4) is 0 Å². The van der Waals surface area contributed by atoms with Gasteiger partial charge in [0, 0.05) is 30.9 Å². The van der Waals surface area contributed by atoms with Crippen LogP contribution in [0.25, 0.3) is 12.2 Å². The second kappa shape index (κ2) is 11.9. The molecule has 0 aliphatic rings. The highest BCUT2D eigenvalue weighted by Crippen LogP contribution is 2.33. The lowest BCUT2D eigenvalue weighted by Gasteiger charge is -2.25. The fourth-order valence-corrected chi connectivity index (χ4v) is 4.29. The zero-order valence-electron chi connectivity index (χ0n) is 21.8. The van der Waals surface area contributed by atoms with E-state index in [-0.39, 0.29) is 22.7 Å². The molecule has 200 valence electrons. The molecule has 2 N–H and O–H groups in total. The zero-order valence-corrected chi connectivity index (χ0v) is 21.8. The molecule has 4 aromatic rings. The van der Waals surface area contributed by atoms with Crippen molar-refractivity contribution >= 4 is 58.7 Å². The molecule has 0 saturated carbocycles. The van der Waals surface area contributed by atoms with E-state index in [2.05, 4.69) is 0 Å². The normalized spacial score (nSPS) is 10.8. The molecule has 2 amide bonds. The third kappa shape index (κ3) is 6.14. The molecule has 0 fully saturated rings. The Morgan fingerprint density at radius 1 is 0.575 bits per heavy atom. The number of rotatable bonds is 8. The molecule has 4 aromatic carbocycles. The van der Waals surface area contributed by atoms with Gasteiger partial charge in [-0.1, -0.05) is 48.6 Å². The van der Waals surface area contributed by atoms with Crippen molar-refractivity contribution in [2.75, 3.05) is 9.80 Å². The molecule has 8 nitrogen and oxygen atoms in total. The van der Waals surface area contributed by atoms with Crippen LogP contribution in [0.2, 0.25) is 0 Å². The number of anilines is 4. The summed E-state index contributed by atoms with van der Waals surface area (Å²) in [7, 11) is 0. The summed E-state index contributed by atoms with van der Waals surface area (Å²) in [5, 5.41) is 19.1. The topological polar surface area (TPSA) is 115 Å². The average molecular weight is 535 g/mol. The van der Waals surface area contributed by atoms with Crippen molar-refractivity contribution < 1.29 is 29.4 Å². The van der Waals surface area contributed by atoms with Crippen LogP contribution in [0, 0.1) is 0 Å². The summed E-state index contributed by atoms with van der Waals surface area (Å²) in [6.45, 7) is 2.72. The second-order valence-electron chi connectivity index (χ2n) is 8.90. The first-order valence-corrected chi connectivity index (χ1v) is 12.3. The number of carboxylic acid groups (broad SMARTS) is 2. The molecule has 0 aliphatic heterocycles. The number of carbonyl (C=O) groups excluding carboxylic acids is 2. The van der Waals surface area contributed by atoms with E-state index in [0.29, 0.717) is 22.6 Å². The van der Waals surface area contributed by atoms with Crippen molar-refractivity contribution in [3.05, 3.63) is 119 Å². The Kier molecular flexibility index (Phi) is 8.20. The van der Waals surface area contributed by atoms with E-state index in [0.717, 1.165) is 5.56 Å². The first-order valence-electron chi connectivity index (χ1n) is 12.3. The van der Waals surface area contributed by atoms with Crippen LogP contribution in [0.5, 0.6) is 0 Å². The van der Waals surface area contributed by atoms with Gasteiger partial charge in [-0.2, -0.15) is 0 Å². The summed E-state index contributed by atoms with van der Waals surface area (Å²) in [4.78, 5) is 51.3. The third-order valence-electron chi connectivity index (χ3n) is 6.13. The fourth-order valence-electron chi connectivity index (χ4n) is 4.29. The van der Waals surface area contributed by atoms with E-state index in [1.807, 2.05) is 36.4 Å². The highest BCUT2D eigenvalue weighted by Gasteiger charge is 2.22. The summed E-state index contributed by atoms with van der Waals surface area (Å²) in [5.41, 5.74) is 3.26. The van der Waals surface area contributed by atoms with Crippen LogP contribution >= 0.6 is 0 Å². The SMILES string of the molecule is CC(=O)N(c1ccc(C(=O)O)cc1)c1ccc(N(C(C)=O)c2ccc(C=Cc3ccccc3)cc2C(=O)O)cc1. The molecule has 0 bridgehead atoms. The van der Waals surface area contributed by atoms with Crippen LogP contribution in [0.4, 0.5) is 22.7 Å². The van der Waals surface area contributed by atoms with Crippen molar-refractivity contribution in [2.24, 2.45) is 0 Å². The first kappa shape index (κ1) is 27.5. The zero-order chi connectivity index (χ0) is 28.8. The van der Waals surface area contributed by atoms with Gasteiger partial charge in [-0.15, -0.1) is 0 Å². The average Bonchev–Trinajstić information content (AvgIpc) is 2.94. The van der Waals surface area contributed by atoms with Gasteiger partial charge in [0.15, 0.2) is 0 Å². The van der Waals surface area contributed by atoms with Crippen molar-refractivity contribution in [3.63, 3.8) is 0 Å². The lowest BCUT2D eigenvalue weighted by molar-refractivity contribution is -0.116. The van der Waals surface area contributed by atoms with Gasteiger partial charge in [-0.05, 0) is 71.8 Å². The van der Waals surface area contributed by atoms with Crippen molar-refractivity contribution in [2.45, 2.75) is 13.8 Å². The largest absolute Gasteiger partial charge is 0.478 e. The summed E-state index contributed by atoms with van der Waals surface area (Å²) in [6.07, 6.45) is 3.68. The van der Waals surface area contributed by atoms with Crippen LogP contribution in [-0.2, 0) is 9.59 Å². The molecule has 40 heavy (non-hydrogen) atoms. The highest BCUT2D eigenvalue weighted by atomic mass is 16.4. The number of hydrogen-bond acceptors (Lipinski definition) is 4. The van der Waals surface area contributed by atoms with Gasteiger partial charge in [0.05, 0.1) is 16.8 Å². The minimum Gasteiger partial charge on any atom is -0.478 e. The monoisotopic (exact) mass is 534 g/mol. The number of aromatic carboxylic acids is 2. The number of carbonyl (C=O) groups is 4. The molecule has 8 heteroatoms. The van der Waals surface area contributed by atoms with Gasteiger partial charge in [0.25, 0.3) is 0 Å². The molecule has 0 radical (unpaired) electrons. The lowest BCUT2D eigenvalue weighted by atomic mass is 10.0. The van der Waals surface area contributed by atoms with Gasteiger partial charge < -0.3 is 10.2 Å². The van der Waals surface area contributed by atoms with E-state index in [9.17, 15) is 24.3 Å². The molecule has 0 spiro atoms. The maximum absolute atomic E-state index is 12.8. The Hall–Kier alpha value is -5.50. The number of hydrogen-bond donors (Lipinski definition) is 2. The van der Waals surface area contributed by atoms with Gasteiger partial charge in [0.1, 0.15) is 0 Å². The van der Waals surface area contributed by atoms with Crippen molar-refractivity contribution in [1.29, 1.82) is 0 Å². The quantitative estimate of drug-likeness (QED) is 0.245. The smallest absolute Gasteiger partial charge is 0.337 e. The molecule has 0 atom stereocenters. The number of amides is 2. The molecular formula is C32H26N2O6. The van der Waals surface area contributed by atoms with Crippen LogP contribution in [0.1, 0.15) is 45.7 Å². The minimum absolute atomic E-state index is 0.0432. The van der Waals surface area contributed by atoms with Crippen LogP contribution < -0.4 is 9.80 Å². The molecule has 0 aromatic heterocycles. The molecule has 0 saturated heterocycles. The van der Waals surface area contributed by atoms with Crippen LogP contribution in [-0.4, -0.2) is 34.0 Å². The Morgan fingerprint density at radius 3 is 1.57 bits per heavy atom. The van der Waals surface area contributed by atoms with Gasteiger partial charge in [-0.25, -0.2) is 9.59 Å². The van der Waals surface area contributed by atoms with Crippen LogP contribution in [0.15, 0.2) is 97.1 Å². The molecule has 0 heterocycles. The number of benzene rings is 4. The van der Waals surface area contributed by atoms with E-state index < -0.39 is 17.8 Å². The number of carboxylic acids is 2. The van der Waals surface area contributed by atoms with E-state index in [1.165, 1.54) is 54.0 Å². The molecular weight excluding hydrogens is 508 g/mol. The van der Waals surface area contributed by atoms with E-state index in [4.69, 9.17) is 5.11 Å². The molecule has 0 aliphatic carbocycles. The summed E-state index contributed by atoms with van der Waals surface area (Å²) in [5.74, 6) is -2.95. The van der Waals surface area contributed by atoms with Gasteiger partial charge in [0.2, 0.25) is 11.8 Å². The Balaban J connectivity index is 1.68. The molecule has 4 rings (SSSR count). The Morgan fingerprint density at radius 2 is 1.07 bits per heavy atom. The van der Waals surface area contributed by atoms with Crippen molar-refractivity contribution in [1.82, 2.24) is 0 Å². The summed E-state index contributed by atoms with van der Waals surface area (Å²) >= 11 is 0. The van der Waals surface area contributed by atoms with E-state index >= 15 is 0 Å². The Labute approximate surface area is 231 Å². The summed E-state index contributed by atoms with van der Waals surface area (Å²) < 4.78 is 0. The number of nitrogens with zero attached hydrogens (tertiary/aromatic N) is 2. The second-order valence-corrected chi connectivity index (χ2v) is 8.90. The predicted octanol–water partition coefficient (Wildman–Crippen LogP) is 6.62. The standard InChI is InChI=1S/C32H26N2O6/c1-21(35)33(26-13-11-25(12-14-26)31(37)38)27-15-17-28(18-16-27)34(22(2)36)30-19-10-24(20-29(30)32(39)40)9-8-23-6-4-3-5-7-23/h3-20H,1-2H3,(H,37,38)(H,39,40). The lowest BCUT2D eigenvalue weighted by Crippen LogP contribution is -2.25. The fraction of sp³-hybridized carbons (Fsp3) is 0.0625. The maximum Gasteiger partial charge on any atom is 0.337 e. The predicted molar refractivity (Wildman–Crippen MR) is 154 cm³/mol. The third-order valence-corrected chi connectivity index (χ3v) is 6.13. The Bertz CT molecular complexity index is 1590. The highest BCUT2D eigenvalue weighted by molar-refractivity contribution is 6.06. The maximum atomic E-state index is 12.8. The van der Waals surface area contributed by atoms with E-state index in [1.54, 1.807) is 42.5 Å². The van der Waals surface area contributed by atoms with Crippen LogP contribution in [0.3, 0.4) is 0 Å². The summed E-state index contributed by atoms with van der Waals surface area (Å²) in [6, 6.07) is 26.8.